The molecule has 21 heavy (non-hydrogen) atoms. The minimum Gasteiger partial charge on any atom is -0.504 e. The number of nitriles is 3. The number of anilines is 1. The topological polar surface area (TPSA) is 158 Å². The van der Waals surface area contributed by atoms with Gasteiger partial charge in [-0.2, -0.15) is 24.2 Å². The van der Waals surface area contributed by atoms with Crippen molar-refractivity contribution in [1.82, 2.24) is 0 Å². The second-order valence-corrected chi connectivity index (χ2v) is 5.23. The molecule has 8 nitrogen and oxygen atoms in total. The van der Waals surface area contributed by atoms with E-state index in [9.17, 15) is 13.5 Å². The minimum absolute atomic E-state index is 0.234. The maximum Gasteiger partial charge on any atom is 0.298 e. The molecule has 0 aliphatic rings. The maximum absolute atomic E-state index is 11.1. The van der Waals surface area contributed by atoms with Crippen LogP contribution in [0, 0.1) is 40.9 Å². The third kappa shape index (κ3) is 3.48. The van der Waals surface area contributed by atoms with Crippen molar-refractivity contribution in [3.05, 3.63) is 29.0 Å². The van der Waals surface area contributed by atoms with E-state index in [1.165, 1.54) is 25.1 Å². The quantitative estimate of drug-likeness (QED) is 0.426. The van der Waals surface area contributed by atoms with Crippen LogP contribution in [-0.2, 0) is 10.1 Å². The lowest BCUT2D eigenvalue weighted by Gasteiger charge is -2.11. The SMILES string of the molecule is Cc1cc(NC(C#N)=C(C#N)C#N)c(O)c(S(=O)(=O)O)c1. The molecule has 0 fully saturated rings. The van der Waals surface area contributed by atoms with Gasteiger partial charge < -0.3 is 10.4 Å². The number of aryl methyl sites for hydroxylation is 1. The van der Waals surface area contributed by atoms with Crippen molar-refractivity contribution in [3.63, 3.8) is 0 Å². The second kappa shape index (κ2) is 5.93. The predicted octanol–water partition coefficient (Wildman–Crippen LogP) is 1.18. The lowest BCUT2D eigenvalue weighted by molar-refractivity contribution is 0.445. The molecule has 0 saturated heterocycles. The number of nitrogens with zero attached hydrogens (tertiary/aromatic N) is 3. The Kier molecular flexibility index (Phi) is 4.52. The smallest absolute Gasteiger partial charge is 0.298 e. The molecule has 0 saturated carbocycles. The van der Waals surface area contributed by atoms with Gasteiger partial charge in [-0.25, -0.2) is 0 Å². The van der Waals surface area contributed by atoms with E-state index in [0.29, 0.717) is 5.56 Å². The van der Waals surface area contributed by atoms with Crippen molar-refractivity contribution in [1.29, 1.82) is 15.8 Å². The predicted molar refractivity (Wildman–Crippen MR) is 70.1 cm³/mol. The summed E-state index contributed by atoms with van der Waals surface area (Å²) in [5.41, 5.74) is -0.869. The van der Waals surface area contributed by atoms with Gasteiger partial charge in [0, 0.05) is 0 Å². The molecule has 0 spiro atoms. The number of nitrogens with one attached hydrogen (secondary N) is 1. The lowest BCUT2D eigenvalue weighted by Crippen LogP contribution is -2.05. The summed E-state index contributed by atoms with van der Waals surface area (Å²) in [5.74, 6) is -0.828. The van der Waals surface area contributed by atoms with Gasteiger partial charge in [0.1, 0.15) is 28.8 Å². The highest BCUT2D eigenvalue weighted by Gasteiger charge is 2.20. The molecule has 0 bridgehead atoms. The summed E-state index contributed by atoms with van der Waals surface area (Å²) in [6.45, 7) is 1.49. The third-order valence-electron chi connectivity index (χ3n) is 2.34. The van der Waals surface area contributed by atoms with Crippen molar-refractivity contribution in [3.8, 4) is 24.0 Å². The first-order chi connectivity index (χ1) is 9.74. The molecule has 0 unspecified atom stereocenters. The molecule has 0 heterocycles. The van der Waals surface area contributed by atoms with Gasteiger partial charge in [0.25, 0.3) is 10.1 Å². The molecule has 0 atom stereocenters. The van der Waals surface area contributed by atoms with Gasteiger partial charge in [-0.1, -0.05) is 0 Å². The van der Waals surface area contributed by atoms with Gasteiger partial charge >= 0.3 is 0 Å². The van der Waals surface area contributed by atoms with Crippen LogP contribution in [0.4, 0.5) is 5.69 Å². The third-order valence-corrected chi connectivity index (χ3v) is 3.21. The Balaban J connectivity index is 3.53. The Labute approximate surface area is 120 Å². The van der Waals surface area contributed by atoms with Gasteiger partial charge in [0.05, 0.1) is 5.69 Å². The molecule has 106 valence electrons. The van der Waals surface area contributed by atoms with Gasteiger partial charge in [-0.15, -0.1) is 0 Å². The molecule has 0 aromatic heterocycles. The van der Waals surface area contributed by atoms with Crippen molar-refractivity contribution in [2.24, 2.45) is 0 Å². The van der Waals surface area contributed by atoms with Crippen molar-refractivity contribution in [2.45, 2.75) is 11.8 Å². The van der Waals surface area contributed by atoms with Crippen LogP contribution in [-0.4, -0.2) is 18.1 Å². The van der Waals surface area contributed by atoms with E-state index in [4.69, 9.17) is 20.3 Å². The number of allylic oxidation sites excluding steroid dienone is 2. The molecule has 1 rings (SSSR count). The van der Waals surface area contributed by atoms with Gasteiger partial charge in [0.15, 0.2) is 11.3 Å². The van der Waals surface area contributed by atoms with Gasteiger partial charge in [-0.3, -0.25) is 4.55 Å². The number of hydrogen-bond acceptors (Lipinski definition) is 7. The molecule has 0 radical (unpaired) electrons. The summed E-state index contributed by atoms with van der Waals surface area (Å²) in [7, 11) is -4.67. The van der Waals surface area contributed by atoms with E-state index in [1.807, 2.05) is 0 Å². The highest BCUT2D eigenvalue weighted by molar-refractivity contribution is 7.86. The molecule has 1 aromatic carbocycles. The monoisotopic (exact) mass is 304 g/mol. The molecule has 0 amide bonds. The van der Waals surface area contributed by atoms with E-state index in [0.717, 1.165) is 6.07 Å². The average molecular weight is 304 g/mol. The van der Waals surface area contributed by atoms with E-state index in [-0.39, 0.29) is 5.69 Å². The molecule has 0 aliphatic heterocycles. The van der Waals surface area contributed by atoms with Crippen molar-refractivity contribution < 1.29 is 18.1 Å². The molecule has 9 heteroatoms. The van der Waals surface area contributed by atoms with Crippen LogP contribution >= 0.6 is 0 Å². The summed E-state index contributed by atoms with van der Waals surface area (Å²) in [6.07, 6.45) is 0. The fraction of sp³-hybridized carbons (Fsp3) is 0.0833. The van der Waals surface area contributed by atoms with Crippen LogP contribution in [0.3, 0.4) is 0 Å². The Morgan fingerprint density at radius 1 is 1.19 bits per heavy atom. The summed E-state index contributed by atoms with van der Waals surface area (Å²) in [4.78, 5) is -0.752. The first-order valence-electron chi connectivity index (χ1n) is 5.27. The van der Waals surface area contributed by atoms with Crippen LogP contribution < -0.4 is 5.32 Å². The fourth-order valence-electron chi connectivity index (χ4n) is 1.46. The zero-order chi connectivity index (χ0) is 16.2. The van der Waals surface area contributed by atoms with Crippen LogP contribution in [0.5, 0.6) is 5.75 Å². The van der Waals surface area contributed by atoms with E-state index < -0.39 is 32.0 Å². The number of benzene rings is 1. The number of phenolic OH excluding ortho intramolecular Hbond substituents is 1. The first-order valence-corrected chi connectivity index (χ1v) is 6.71. The summed E-state index contributed by atoms with van der Waals surface area (Å²) < 4.78 is 31.3. The van der Waals surface area contributed by atoms with Gasteiger partial charge in [0.2, 0.25) is 0 Å². The normalized spacial score (nSPS) is 9.86. The molecule has 1 aromatic rings. The van der Waals surface area contributed by atoms with Gasteiger partial charge in [-0.05, 0) is 24.6 Å². The Bertz CT molecular complexity index is 835. The summed E-state index contributed by atoms with van der Waals surface area (Å²) >= 11 is 0. The van der Waals surface area contributed by atoms with Crippen molar-refractivity contribution >= 4 is 15.8 Å². The Hall–Kier alpha value is -3.06. The van der Waals surface area contributed by atoms with E-state index in [2.05, 4.69) is 5.32 Å². The number of phenols is 1. The highest BCUT2D eigenvalue weighted by atomic mass is 32.2. The summed E-state index contributed by atoms with van der Waals surface area (Å²) in [5, 5.41) is 38.4. The molecular formula is C12H8N4O4S. The number of hydrogen-bond donors (Lipinski definition) is 3. The Morgan fingerprint density at radius 3 is 2.19 bits per heavy atom. The van der Waals surface area contributed by atoms with Crippen LogP contribution in [0.15, 0.2) is 28.3 Å². The first kappa shape index (κ1) is 16.0. The standard InChI is InChI=1S/C12H8N4O4S/c1-7-2-9(12(17)11(3-7)21(18,19)20)16-10(6-15)8(4-13)5-14/h2-3,16-17H,1H3,(H,18,19,20). The molecule has 0 aliphatic carbocycles. The number of rotatable bonds is 3. The maximum atomic E-state index is 11.1. The van der Waals surface area contributed by atoms with Crippen LogP contribution in [0.1, 0.15) is 5.56 Å². The minimum atomic E-state index is -4.67. The molecule has 3 N–H and O–H groups in total. The lowest BCUT2D eigenvalue weighted by atomic mass is 10.2. The summed E-state index contributed by atoms with van der Waals surface area (Å²) in [6, 6.07) is 6.84. The van der Waals surface area contributed by atoms with E-state index in [1.54, 1.807) is 6.07 Å². The van der Waals surface area contributed by atoms with Crippen molar-refractivity contribution in [2.75, 3.05) is 5.32 Å². The molecular weight excluding hydrogens is 296 g/mol. The highest BCUT2D eigenvalue weighted by Crippen LogP contribution is 2.33. The zero-order valence-corrected chi connectivity index (χ0v) is 11.4. The van der Waals surface area contributed by atoms with Crippen LogP contribution in [0.2, 0.25) is 0 Å². The Morgan fingerprint density at radius 2 is 1.76 bits per heavy atom. The zero-order valence-electron chi connectivity index (χ0n) is 10.6. The van der Waals surface area contributed by atoms with Crippen LogP contribution in [0.25, 0.3) is 0 Å². The fourth-order valence-corrected chi connectivity index (χ4v) is 2.14. The number of aromatic hydroxyl groups is 1. The second-order valence-electron chi connectivity index (χ2n) is 3.84. The largest absolute Gasteiger partial charge is 0.504 e. The average Bonchev–Trinajstić information content (AvgIpc) is 2.40. The van der Waals surface area contributed by atoms with E-state index >= 15 is 0 Å².